The SMILES string of the molecule is Cc1cc(NCc2ccnc(-n3cncn3)c2)c2ccc(F)cc2n1.O=C(O)C(F)(F)F. The Hall–Kier alpha value is -4.09. The molecule has 0 aliphatic heterocycles. The van der Waals surface area contributed by atoms with Gasteiger partial charge in [0.15, 0.2) is 5.82 Å². The van der Waals surface area contributed by atoms with Crippen molar-refractivity contribution in [1.29, 1.82) is 0 Å². The number of halogens is 4. The zero-order chi connectivity index (χ0) is 23.3. The van der Waals surface area contributed by atoms with Crippen LogP contribution in [0.25, 0.3) is 16.7 Å². The lowest BCUT2D eigenvalue weighted by molar-refractivity contribution is -0.192. The molecule has 0 atom stereocenters. The lowest BCUT2D eigenvalue weighted by Crippen LogP contribution is -2.21. The first-order valence-corrected chi connectivity index (χ1v) is 9.04. The van der Waals surface area contributed by atoms with Crippen molar-refractivity contribution in [2.75, 3.05) is 5.32 Å². The van der Waals surface area contributed by atoms with E-state index in [1.807, 2.05) is 25.1 Å². The minimum Gasteiger partial charge on any atom is -0.475 e. The number of nitrogens with one attached hydrogen (secondary N) is 1. The van der Waals surface area contributed by atoms with Crippen molar-refractivity contribution in [3.05, 3.63) is 72.3 Å². The Morgan fingerprint density at radius 3 is 2.59 bits per heavy atom. The molecule has 4 rings (SSSR count). The Kier molecular flexibility index (Phi) is 6.61. The van der Waals surface area contributed by atoms with Gasteiger partial charge in [-0.2, -0.15) is 18.3 Å². The minimum absolute atomic E-state index is 0.289. The van der Waals surface area contributed by atoms with Gasteiger partial charge in [-0.15, -0.1) is 0 Å². The molecule has 0 saturated heterocycles. The van der Waals surface area contributed by atoms with Gasteiger partial charge in [0.05, 0.1) is 5.52 Å². The number of aliphatic carboxylic acids is 1. The summed E-state index contributed by atoms with van der Waals surface area (Å²) in [5, 5.41) is 15.5. The first kappa shape index (κ1) is 22.6. The second-order valence-corrected chi connectivity index (χ2v) is 6.49. The fraction of sp³-hybridized carbons (Fsp3) is 0.150. The minimum atomic E-state index is -5.08. The molecule has 0 aliphatic carbocycles. The van der Waals surface area contributed by atoms with Gasteiger partial charge in [0.2, 0.25) is 0 Å². The quantitative estimate of drug-likeness (QED) is 0.456. The molecule has 3 aromatic heterocycles. The van der Waals surface area contributed by atoms with E-state index < -0.39 is 12.1 Å². The molecule has 12 heteroatoms. The molecule has 32 heavy (non-hydrogen) atoms. The average Bonchev–Trinajstić information content (AvgIpc) is 3.26. The number of benzene rings is 1. The van der Waals surface area contributed by atoms with Gasteiger partial charge in [0, 0.05) is 35.6 Å². The van der Waals surface area contributed by atoms with Gasteiger partial charge >= 0.3 is 12.1 Å². The Balaban J connectivity index is 0.000000360. The number of fused-ring (bicyclic) bond motifs is 1. The third kappa shape index (κ3) is 5.74. The van der Waals surface area contributed by atoms with Crippen molar-refractivity contribution >= 4 is 22.6 Å². The Morgan fingerprint density at radius 1 is 1.19 bits per heavy atom. The van der Waals surface area contributed by atoms with Crippen LogP contribution in [0.15, 0.2) is 55.2 Å². The van der Waals surface area contributed by atoms with Gasteiger partial charge in [0.1, 0.15) is 18.5 Å². The van der Waals surface area contributed by atoms with Gasteiger partial charge < -0.3 is 10.4 Å². The summed E-state index contributed by atoms with van der Waals surface area (Å²) in [4.78, 5) is 21.5. The number of carbonyl (C=O) groups is 1. The van der Waals surface area contributed by atoms with Crippen LogP contribution in [0.1, 0.15) is 11.3 Å². The molecule has 0 radical (unpaired) electrons. The summed E-state index contributed by atoms with van der Waals surface area (Å²) < 4.78 is 46.8. The largest absolute Gasteiger partial charge is 0.490 e. The molecule has 0 amide bonds. The van der Waals surface area contributed by atoms with Crippen LogP contribution in [0.2, 0.25) is 0 Å². The highest BCUT2D eigenvalue weighted by Crippen LogP contribution is 2.24. The van der Waals surface area contributed by atoms with Crippen molar-refractivity contribution in [2.45, 2.75) is 19.6 Å². The predicted molar refractivity (Wildman–Crippen MR) is 107 cm³/mol. The van der Waals surface area contributed by atoms with Crippen LogP contribution in [-0.4, -0.2) is 42.0 Å². The second-order valence-electron chi connectivity index (χ2n) is 6.49. The molecule has 0 unspecified atom stereocenters. The topological polar surface area (TPSA) is 106 Å². The number of hydrogen-bond donors (Lipinski definition) is 2. The molecule has 8 nitrogen and oxygen atoms in total. The van der Waals surface area contributed by atoms with Crippen LogP contribution in [0.5, 0.6) is 0 Å². The number of aryl methyl sites for hydroxylation is 1. The van der Waals surface area contributed by atoms with Crippen LogP contribution < -0.4 is 5.32 Å². The lowest BCUT2D eigenvalue weighted by Gasteiger charge is -2.11. The van der Waals surface area contributed by atoms with E-state index in [2.05, 4.69) is 25.4 Å². The van der Waals surface area contributed by atoms with Crippen LogP contribution >= 0.6 is 0 Å². The normalized spacial score (nSPS) is 11.0. The molecule has 0 aliphatic rings. The highest BCUT2D eigenvalue weighted by atomic mass is 19.4. The molecule has 2 N–H and O–H groups in total. The number of pyridine rings is 2. The number of nitrogens with zero attached hydrogens (tertiary/aromatic N) is 5. The first-order valence-electron chi connectivity index (χ1n) is 9.04. The Labute approximate surface area is 178 Å². The molecule has 0 saturated carbocycles. The number of carboxylic acids is 1. The van der Waals surface area contributed by atoms with E-state index in [0.29, 0.717) is 17.9 Å². The average molecular weight is 448 g/mol. The second kappa shape index (κ2) is 9.37. The Morgan fingerprint density at radius 2 is 1.94 bits per heavy atom. The summed E-state index contributed by atoms with van der Waals surface area (Å²) in [5.74, 6) is -2.34. The summed E-state index contributed by atoms with van der Waals surface area (Å²) >= 11 is 0. The fourth-order valence-corrected chi connectivity index (χ4v) is 2.70. The van der Waals surface area contributed by atoms with Crippen LogP contribution in [0, 0.1) is 12.7 Å². The lowest BCUT2D eigenvalue weighted by atomic mass is 10.1. The van der Waals surface area contributed by atoms with E-state index in [1.54, 1.807) is 23.3 Å². The third-order valence-electron chi connectivity index (χ3n) is 4.09. The van der Waals surface area contributed by atoms with Gasteiger partial charge in [-0.25, -0.2) is 23.8 Å². The molecule has 3 heterocycles. The summed E-state index contributed by atoms with van der Waals surface area (Å²) in [6, 6.07) is 10.5. The third-order valence-corrected chi connectivity index (χ3v) is 4.09. The molecular formula is C20H16F4N6O2. The number of anilines is 1. The number of rotatable bonds is 4. The fourth-order valence-electron chi connectivity index (χ4n) is 2.70. The molecule has 0 fully saturated rings. The van der Waals surface area contributed by atoms with Crippen LogP contribution in [0.4, 0.5) is 23.2 Å². The maximum atomic E-state index is 13.4. The monoisotopic (exact) mass is 448 g/mol. The first-order chi connectivity index (χ1) is 15.1. The summed E-state index contributed by atoms with van der Waals surface area (Å²) in [5.41, 5.74) is 3.44. The molecule has 166 valence electrons. The van der Waals surface area contributed by atoms with Crippen molar-refractivity contribution < 1.29 is 27.5 Å². The molecule has 0 spiro atoms. The predicted octanol–water partition coefficient (Wildman–Crippen LogP) is 3.90. The zero-order valence-corrected chi connectivity index (χ0v) is 16.5. The van der Waals surface area contributed by atoms with Crippen molar-refractivity contribution in [2.24, 2.45) is 0 Å². The number of hydrogen-bond acceptors (Lipinski definition) is 6. The number of aromatic nitrogens is 5. The maximum Gasteiger partial charge on any atom is 0.490 e. The Bertz CT molecular complexity index is 1220. The van der Waals surface area contributed by atoms with E-state index in [1.165, 1.54) is 18.5 Å². The van der Waals surface area contributed by atoms with E-state index in [0.717, 1.165) is 22.3 Å². The van der Waals surface area contributed by atoms with E-state index in [4.69, 9.17) is 9.90 Å². The smallest absolute Gasteiger partial charge is 0.475 e. The van der Waals surface area contributed by atoms with Crippen molar-refractivity contribution in [3.8, 4) is 5.82 Å². The van der Waals surface area contributed by atoms with E-state index >= 15 is 0 Å². The summed E-state index contributed by atoms with van der Waals surface area (Å²) in [6.07, 6.45) is -0.273. The number of carboxylic acid groups (broad SMARTS) is 1. The highest BCUT2D eigenvalue weighted by Gasteiger charge is 2.38. The molecule has 4 aromatic rings. The number of alkyl halides is 3. The summed E-state index contributed by atoms with van der Waals surface area (Å²) in [6.45, 7) is 2.49. The van der Waals surface area contributed by atoms with Gasteiger partial charge in [-0.3, -0.25) is 4.98 Å². The zero-order valence-electron chi connectivity index (χ0n) is 16.5. The molecule has 0 bridgehead atoms. The standard InChI is InChI=1S/C18H15FN6.C2HF3O2/c1-12-6-16(15-3-2-14(19)8-17(15)24-12)22-9-13-4-5-21-18(7-13)25-11-20-10-23-25;3-2(4,5)1(6)7/h2-8,10-11H,9H2,1H3,(H,22,24);(H,6,7). The van der Waals surface area contributed by atoms with E-state index in [9.17, 15) is 17.6 Å². The highest BCUT2D eigenvalue weighted by molar-refractivity contribution is 5.91. The van der Waals surface area contributed by atoms with E-state index in [-0.39, 0.29) is 5.82 Å². The van der Waals surface area contributed by atoms with Crippen molar-refractivity contribution in [1.82, 2.24) is 24.7 Å². The van der Waals surface area contributed by atoms with Crippen LogP contribution in [0.3, 0.4) is 0 Å². The molecular weight excluding hydrogens is 432 g/mol. The van der Waals surface area contributed by atoms with Gasteiger partial charge in [-0.05, 0) is 42.8 Å². The molecule has 1 aromatic carbocycles. The van der Waals surface area contributed by atoms with Gasteiger partial charge in [-0.1, -0.05) is 0 Å². The maximum absolute atomic E-state index is 13.4. The van der Waals surface area contributed by atoms with Crippen molar-refractivity contribution in [3.63, 3.8) is 0 Å². The summed E-state index contributed by atoms with van der Waals surface area (Å²) in [7, 11) is 0. The van der Waals surface area contributed by atoms with Gasteiger partial charge in [0.25, 0.3) is 0 Å². The van der Waals surface area contributed by atoms with Crippen LogP contribution in [-0.2, 0) is 11.3 Å².